The minimum absolute atomic E-state index is 0.0355. The summed E-state index contributed by atoms with van der Waals surface area (Å²) in [5, 5.41) is 6.05. The smallest absolute Gasteiger partial charge is 0.376 e. The van der Waals surface area contributed by atoms with E-state index in [1.807, 2.05) is 0 Å². The van der Waals surface area contributed by atoms with Gasteiger partial charge in [-0.3, -0.25) is 4.79 Å². The van der Waals surface area contributed by atoms with Crippen molar-refractivity contribution in [2.75, 3.05) is 13.2 Å². The average Bonchev–Trinajstić information content (AvgIpc) is 3.23. The van der Waals surface area contributed by atoms with E-state index in [1.54, 1.807) is 0 Å². The van der Waals surface area contributed by atoms with Crippen molar-refractivity contribution in [2.24, 2.45) is 0 Å². The maximum atomic E-state index is 12.4. The van der Waals surface area contributed by atoms with Crippen molar-refractivity contribution >= 4 is 5.91 Å². The van der Waals surface area contributed by atoms with E-state index in [9.17, 15) is 18.0 Å². The first-order chi connectivity index (χ1) is 11.4. The molecule has 1 aromatic carbocycles. The summed E-state index contributed by atoms with van der Waals surface area (Å²) in [5.74, 6) is -1.87. The summed E-state index contributed by atoms with van der Waals surface area (Å²) in [4.78, 5) is 15.3. The number of ether oxygens (including phenoxy) is 1. The number of aromatic nitrogens is 2. The largest absolute Gasteiger partial charge is 0.471 e. The maximum absolute atomic E-state index is 12.4. The lowest BCUT2D eigenvalue weighted by atomic mass is 10.1. The molecule has 9 heteroatoms. The Kier molecular flexibility index (Phi) is 4.52. The first-order valence-corrected chi connectivity index (χ1v) is 7.34. The molecule has 2 aromatic rings. The fourth-order valence-electron chi connectivity index (χ4n) is 2.34. The lowest BCUT2D eigenvalue weighted by Crippen LogP contribution is -2.31. The van der Waals surface area contributed by atoms with Gasteiger partial charge in [0.2, 0.25) is 5.82 Å². The van der Waals surface area contributed by atoms with Crippen LogP contribution in [0.4, 0.5) is 13.2 Å². The van der Waals surface area contributed by atoms with Crippen LogP contribution in [0.3, 0.4) is 0 Å². The van der Waals surface area contributed by atoms with E-state index in [-0.39, 0.29) is 17.8 Å². The molecule has 1 saturated heterocycles. The van der Waals surface area contributed by atoms with Crippen LogP contribution in [0.25, 0.3) is 11.4 Å². The second-order valence-corrected chi connectivity index (χ2v) is 5.34. The minimum Gasteiger partial charge on any atom is -0.376 e. The molecule has 1 aliphatic rings. The highest BCUT2D eigenvalue weighted by Gasteiger charge is 2.38. The molecule has 128 valence electrons. The number of alkyl halides is 3. The summed E-state index contributed by atoms with van der Waals surface area (Å²) < 4.78 is 46.9. The zero-order valence-electron chi connectivity index (χ0n) is 12.5. The van der Waals surface area contributed by atoms with Gasteiger partial charge in [-0.15, -0.1) is 0 Å². The van der Waals surface area contributed by atoms with Crippen molar-refractivity contribution < 1.29 is 27.2 Å². The van der Waals surface area contributed by atoms with Crippen molar-refractivity contribution in [3.63, 3.8) is 0 Å². The predicted octanol–water partition coefficient (Wildman–Crippen LogP) is 2.66. The highest BCUT2D eigenvalue weighted by Crippen LogP contribution is 2.29. The number of halogens is 3. The van der Waals surface area contributed by atoms with Crippen LogP contribution < -0.4 is 5.32 Å². The summed E-state index contributed by atoms with van der Waals surface area (Å²) in [6.07, 6.45) is -2.75. The van der Waals surface area contributed by atoms with Crippen LogP contribution in [-0.2, 0) is 10.9 Å². The topological polar surface area (TPSA) is 77.2 Å². The fourth-order valence-corrected chi connectivity index (χ4v) is 2.34. The molecular weight excluding hydrogens is 327 g/mol. The molecule has 1 fully saturated rings. The Labute approximate surface area is 135 Å². The number of hydrogen-bond donors (Lipinski definition) is 1. The van der Waals surface area contributed by atoms with Gasteiger partial charge in [-0.25, -0.2) is 0 Å². The number of carbonyl (C=O) groups excluding carboxylic acids is 1. The normalized spacial score (nSPS) is 17.9. The van der Waals surface area contributed by atoms with Crippen molar-refractivity contribution in [3.8, 4) is 11.4 Å². The van der Waals surface area contributed by atoms with Gasteiger partial charge in [0.05, 0.1) is 6.10 Å². The number of nitrogens with one attached hydrogen (secondary N) is 1. The van der Waals surface area contributed by atoms with E-state index in [4.69, 9.17) is 4.74 Å². The lowest BCUT2D eigenvalue weighted by molar-refractivity contribution is -0.159. The van der Waals surface area contributed by atoms with Crippen molar-refractivity contribution in [1.29, 1.82) is 0 Å². The molecule has 1 N–H and O–H groups in total. The van der Waals surface area contributed by atoms with E-state index < -0.39 is 12.1 Å². The number of carbonyl (C=O) groups is 1. The average molecular weight is 341 g/mol. The molecule has 24 heavy (non-hydrogen) atoms. The third-order valence-electron chi connectivity index (χ3n) is 3.59. The Balaban J connectivity index is 1.64. The zero-order chi connectivity index (χ0) is 17.2. The van der Waals surface area contributed by atoms with Crippen LogP contribution in [0, 0.1) is 0 Å². The van der Waals surface area contributed by atoms with Gasteiger partial charge in [-0.2, -0.15) is 18.2 Å². The molecule has 1 atom stereocenters. The third-order valence-corrected chi connectivity index (χ3v) is 3.59. The van der Waals surface area contributed by atoms with Crippen LogP contribution in [-0.4, -0.2) is 35.3 Å². The molecule has 0 radical (unpaired) electrons. The molecular formula is C15H14F3N3O3. The van der Waals surface area contributed by atoms with Gasteiger partial charge < -0.3 is 14.6 Å². The van der Waals surface area contributed by atoms with Gasteiger partial charge in [0.25, 0.3) is 5.91 Å². The van der Waals surface area contributed by atoms with Crippen molar-refractivity contribution in [1.82, 2.24) is 15.5 Å². The van der Waals surface area contributed by atoms with Gasteiger partial charge in [0.1, 0.15) is 0 Å². The van der Waals surface area contributed by atoms with Gasteiger partial charge in [-0.1, -0.05) is 17.3 Å². The van der Waals surface area contributed by atoms with Crippen LogP contribution in [0.5, 0.6) is 0 Å². The third kappa shape index (κ3) is 3.73. The summed E-state index contributed by atoms with van der Waals surface area (Å²) in [7, 11) is 0. The summed E-state index contributed by atoms with van der Waals surface area (Å²) in [6.45, 7) is 1.14. The van der Waals surface area contributed by atoms with Crippen LogP contribution in [0.2, 0.25) is 0 Å². The number of hydrogen-bond acceptors (Lipinski definition) is 5. The Morgan fingerprint density at radius 1 is 1.29 bits per heavy atom. The standard InChI is InChI=1S/C15H14F3N3O3/c16-15(17,18)14-20-12(21-24-14)9-3-5-10(6-4-9)13(22)19-8-11-2-1-7-23-11/h3-6,11H,1-2,7-8H2,(H,19,22). The Morgan fingerprint density at radius 2 is 2.04 bits per heavy atom. The van der Waals surface area contributed by atoms with Gasteiger partial charge in [0.15, 0.2) is 0 Å². The highest BCUT2D eigenvalue weighted by atomic mass is 19.4. The number of nitrogens with zero attached hydrogens (tertiary/aromatic N) is 2. The van der Waals surface area contributed by atoms with Crippen molar-refractivity contribution in [2.45, 2.75) is 25.1 Å². The number of benzene rings is 1. The van der Waals surface area contributed by atoms with E-state index >= 15 is 0 Å². The molecule has 1 amide bonds. The minimum atomic E-state index is -4.69. The molecule has 1 aliphatic heterocycles. The quantitative estimate of drug-likeness (QED) is 0.925. The van der Waals surface area contributed by atoms with Crippen LogP contribution in [0.15, 0.2) is 28.8 Å². The maximum Gasteiger partial charge on any atom is 0.471 e. The first kappa shape index (κ1) is 16.4. The highest BCUT2D eigenvalue weighted by molar-refractivity contribution is 5.94. The van der Waals surface area contributed by atoms with Gasteiger partial charge in [-0.05, 0) is 25.0 Å². The summed E-state index contributed by atoms with van der Waals surface area (Å²) >= 11 is 0. The lowest BCUT2D eigenvalue weighted by Gasteiger charge is -2.10. The Bertz CT molecular complexity index is 707. The monoisotopic (exact) mass is 341 g/mol. The molecule has 1 aromatic heterocycles. The predicted molar refractivity (Wildman–Crippen MR) is 76.0 cm³/mol. The Hall–Kier alpha value is -2.42. The van der Waals surface area contributed by atoms with E-state index in [2.05, 4.69) is 20.0 Å². The summed E-state index contributed by atoms with van der Waals surface area (Å²) in [5.41, 5.74) is 0.709. The van der Waals surface area contributed by atoms with Crippen molar-refractivity contribution in [3.05, 3.63) is 35.7 Å². The second kappa shape index (κ2) is 6.60. The van der Waals surface area contributed by atoms with E-state index in [0.29, 0.717) is 24.3 Å². The molecule has 2 heterocycles. The van der Waals surface area contributed by atoms with Crippen LogP contribution in [0.1, 0.15) is 29.1 Å². The van der Waals surface area contributed by atoms with Crippen LogP contribution >= 0.6 is 0 Å². The zero-order valence-corrected chi connectivity index (χ0v) is 12.5. The van der Waals surface area contributed by atoms with Gasteiger partial charge >= 0.3 is 12.1 Å². The summed E-state index contributed by atoms with van der Waals surface area (Å²) in [6, 6.07) is 5.91. The SMILES string of the molecule is O=C(NCC1CCCO1)c1ccc(-c2noc(C(F)(F)F)n2)cc1. The van der Waals surface area contributed by atoms with E-state index in [0.717, 1.165) is 12.8 Å². The van der Waals surface area contributed by atoms with E-state index in [1.165, 1.54) is 24.3 Å². The molecule has 3 rings (SSSR count). The second-order valence-electron chi connectivity index (χ2n) is 5.34. The first-order valence-electron chi connectivity index (χ1n) is 7.34. The number of amides is 1. The molecule has 0 aliphatic carbocycles. The Morgan fingerprint density at radius 3 is 2.62 bits per heavy atom. The van der Waals surface area contributed by atoms with Gasteiger partial charge in [0, 0.05) is 24.3 Å². The molecule has 1 unspecified atom stereocenters. The fraction of sp³-hybridized carbons (Fsp3) is 0.400. The molecule has 0 bridgehead atoms. The molecule has 6 nitrogen and oxygen atoms in total. The number of rotatable bonds is 4. The molecule has 0 saturated carbocycles. The molecule has 0 spiro atoms.